The Labute approximate surface area is 541 Å². The molecule has 0 heterocycles. The highest BCUT2D eigenvalue weighted by atomic mass is 31.2. The van der Waals surface area contributed by atoms with Crippen LogP contribution >= 0.6 is 7.82 Å². The van der Waals surface area contributed by atoms with Gasteiger partial charge >= 0.3 is 11.9 Å². The normalized spacial score (nSPS) is 13.3. The van der Waals surface area contributed by atoms with E-state index in [4.69, 9.17) is 18.5 Å². The third kappa shape index (κ3) is 72.9. The largest absolute Gasteiger partial charge is 0.756 e. The molecule has 0 aromatic heterocycles. The first-order valence-corrected chi connectivity index (χ1v) is 39.3. The van der Waals surface area contributed by atoms with E-state index in [9.17, 15) is 19.0 Å². The van der Waals surface area contributed by atoms with Crippen LogP contribution in [0, 0.1) is 0 Å². The maximum Gasteiger partial charge on any atom is 0.306 e. The van der Waals surface area contributed by atoms with E-state index >= 15 is 0 Å². The number of carbonyl (C=O) groups is 2. The summed E-state index contributed by atoms with van der Waals surface area (Å²) in [4.78, 5) is 38.1. The van der Waals surface area contributed by atoms with E-state index in [1.807, 2.05) is 21.1 Å². The van der Waals surface area contributed by atoms with Gasteiger partial charge in [-0.05, 0) is 51.4 Å². The molecule has 0 aliphatic carbocycles. The van der Waals surface area contributed by atoms with Crippen LogP contribution < -0.4 is 4.89 Å². The highest BCUT2D eigenvalue weighted by Crippen LogP contribution is 2.38. The Morgan fingerprint density at radius 1 is 0.368 bits per heavy atom. The van der Waals surface area contributed by atoms with Crippen LogP contribution in [0.4, 0.5) is 0 Å². The third-order valence-corrected chi connectivity index (χ3v) is 18.1. The fourth-order valence-electron chi connectivity index (χ4n) is 11.4. The number of hydrogen-bond acceptors (Lipinski definition) is 8. The van der Waals surface area contributed by atoms with Gasteiger partial charge in [-0.15, -0.1) is 0 Å². The van der Waals surface area contributed by atoms with Gasteiger partial charge in [0, 0.05) is 12.8 Å². The quantitative estimate of drug-likeness (QED) is 0.0195. The second-order valence-corrected chi connectivity index (χ2v) is 28.4. The van der Waals surface area contributed by atoms with Crippen LogP contribution in [-0.2, 0) is 32.7 Å². The first-order valence-electron chi connectivity index (χ1n) is 37.8. The van der Waals surface area contributed by atoms with Crippen LogP contribution in [0.5, 0.6) is 0 Å². The van der Waals surface area contributed by atoms with Gasteiger partial charge < -0.3 is 27.9 Å². The molecule has 10 heteroatoms. The summed E-state index contributed by atoms with van der Waals surface area (Å²) in [5, 5.41) is 0. The zero-order chi connectivity index (χ0) is 63.4. The van der Waals surface area contributed by atoms with Crippen molar-refractivity contribution in [3.05, 3.63) is 48.6 Å². The van der Waals surface area contributed by atoms with Gasteiger partial charge in [0.25, 0.3) is 7.82 Å². The molecular weight excluding hydrogens is 1100 g/mol. The number of allylic oxidation sites excluding steroid dienone is 8. The minimum atomic E-state index is -4.64. The average Bonchev–Trinajstić information content (AvgIpc) is 3.56. The molecule has 0 saturated heterocycles. The van der Waals surface area contributed by atoms with Crippen molar-refractivity contribution in [3.63, 3.8) is 0 Å². The first kappa shape index (κ1) is 85.0. The van der Waals surface area contributed by atoms with Gasteiger partial charge in [0.05, 0.1) is 27.7 Å². The van der Waals surface area contributed by atoms with Gasteiger partial charge in [-0.25, -0.2) is 0 Å². The van der Waals surface area contributed by atoms with E-state index in [0.29, 0.717) is 17.4 Å². The molecule has 0 spiro atoms. The smallest absolute Gasteiger partial charge is 0.306 e. The molecule has 0 aromatic rings. The molecule has 2 atom stereocenters. The van der Waals surface area contributed by atoms with Gasteiger partial charge in [-0.1, -0.05) is 364 Å². The fraction of sp³-hybridized carbons (Fsp3) is 0.870. The molecule has 0 N–H and O–H groups in total. The molecule has 87 heavy (non-hydrogen) atoms. The Kier molecular flexibility index (Phi) is 66.7. The van der Waals surface area contributed by atoms with Crippen LogP contribution in [0.15, 0.2) is 48.6 Å². The molecule has 0 radical (unpaired) electrons. The predicted molar refractivity (Wildman–Crippen MR) is 374 cm³/mol. The number of quaternary nitrogens is 1. The number of phosphoric acid groups is 1. The number of phosphoric ester groups is 1. The lowest BCUT2D eigenvalue weighted by atomic mass is 10.0. The Bertz CT molecular complexity index is 1610. The highest BCUT2D eigenvalue weighted by Gasteiger charge is 2.22. The van der Waals surface area contributed by atoms with Gasteiger partial charge in [0.2, 0.25) is 0 Å². The van der Waals surface area contributed by atoms with Crippen molar-refractivity contribution >= 4 is 19.8 Å². The van der Waals surface area contributed by atoms with Crippen molar-refractivity contribution in [2.45, 2.75) is 386 Å². The molecule has 0 saturated carbocycles. The molecule has 0 rings (SSSR count). The number of ether oxygens (including phenoxy) is 2. The molecule has 9 nitrogen and oxygen atoms in total. The summed E-state index contributed by atoms with van der Waals surface area (Å²) in [5.74, 6) is -0.812. The highest BCUT2D eigenvalue weighted by molar-refractivity contribution is 7.45. The van der Waals surface area contributed by atoms with E-state index < -0.39 is 26.5 Å². The maximum atomic E-state index is 12.9. The molecule has 0 bridgehead atoms. The minimum Gasteiger partial charge on any atom is -0.756 e. The summed E-state index contributed by atoms with van der Waals surface area (Å²) < 4.78 is 34.4. The zero-order valence-electron chi connectivity index (χ0n) is 58.5. The van der Waals surface area contributed by atoms with Crippen LogP contribution in [0.2, 0.25) is 0 Å². The molecule has 512 valence electrons. The molecule has 2 unspecified atom stereocenters. The Morgan fingerprint density at radius 2 is 0.655 bits per heavy atom. The van der Waals surface area contributed by atoms with Crippen LogP contribution in [0.1, 0.15) is 380 Å². The number of nitrogens with zero attached hydrogens (tertiary/aromatic N) is 1. The van der Waals surface area contributed by atoms with Crippen molar-refractivity contribution in [2.24, 2.45) is 0 Å². The van der Waals surface area contributed by atoms with E-state index in [1.54, 1.807) is 0 Å². The van der Waals surface area contributed by atoms with Crippen LogP contribution in [0.25, 0.3) is 0 Å². The minimum absolute atomic E-state index is 0.0287. The lowest BCUT2D eigenvalue weighted by Gasteiger charge is -2.28. The molecule has 0 fully saturated rings. The topological polar surface area (TPSA) is 111 Å². The lowest BCUT2D eigenvalue weighted by Crippen LogP contribution is -2.37. The van der Waals surface area contributed by atoms with E-state index in [2.05, 4.69) is 62.5 Å². The van der Waals surface area contributed by atoms with E-state index in [-0.39, 0.29) is 32.0 Å². The summed E-state index contributed by atoms with van der Waals surface area (Å²) in [6.07, 6.45) is 89.4. The van der Waals surface area contributed by atoms with Crippen molar-refractivity contribution < 1.29 is 42.1 Å². The third-order valence-electron chi connectivity index (χ3n) is 17.1. The van der Waals surface area contributed by atoms with Crippen molar-refractivity contribution in [3.8, 4) is 0 Å². The van der Waals surface area contributed by atoms with Crippen LogP contribution in [0.3, 0.4) is 0 Å². The summed E-state index contributed by atoms with van der Waals surface area (Å²) in [6.45, 7) is 4.20. The molecular formula is C77H146NO8P. The summed E-state index contributed by atoms with van der Waals surface area (Å²) >= 11 is 0. The number of carbonyl (C=O) groups excluding carboxylic acids is 2. The Balaban J connectivity index is 3.94. The van der Waals surface area contributed by atoms with E-state index in [1.165, 1.54) is 283 Å². The van der Waals surface area contributed by atoms with Crippen molar-refractivity contribution in [2.75, 3.05) is 47.5 Å². The summed E-state index contributed by atoms with van der Waals surface area (Å²) in [6, 6.07) is 0. The SMILES string of the molecule is CC/C=C\C/C=C\C/C=C\C/C=C\CCCCCCCCCCCCCCCCCCC(=O)OC(COC(=O)CCCCCCCCCCCCCCCCCCCCCCCCCCCCCCCCCCCC)COP(=O)([O-])OCC[N+](C)(C)C. The summed E-state index contributed by atoms with van der Waals surface area (Å²) in [5.41, 5.74) is 0. The molecule has 0 amide bonds. The number of likely N-dealkylation sites (N-methyl/N-ethyl adjacent to an activating group) is 1. The predicted octanol–water partition coefficient (Wildman–Crippen LogP) is 24.1. The lowest BCUT2D eigenvalue weighted by molar-refractivity contribution is -0.870. The second-order valence-electron chi connectivity index (χ2n) is 27.0. The van der Waals surface area contributed by atoms with Gasteiger partial charge in [0.1, 0.15) is 19.8 Å². The number of hydrogen-bond donors (Lipinski definition) is 0. The fourth-order valence-corrected chi connectivity index (χ4v) is 12.1. The molecule has 0 aliphatic heterocycles. The van der Waals surface area contributed by atoms with Crippen molar-refractivity contribution in [1.82, 2.24) is 0 Å². The Morgan fingerprint density at radius 3 is 0.977 bits per heavy atom. The summed E-state index contributed by atoms with van der Waals surface area (Å²) in [7, 11) is 1.18. The Hall–Kier alpha value is -2.03. The van der Waals surface area contributed by atoms with Crippen LogP contribution in [-0.4, -0.2) is 70.0 Å². The number of rotatable bonds is 71. The monoisotopic (exact) mass is 1240 g/mol. The van der Waals surface area contributed by atoms with Gasteiger partial charge in [-0.3, -0.25) is 14.2 Å². The average molecular weight is 1240 g/mol. The molecule has 0 aliphatic rings. The zero-order valence-corrected chi connectivity index (χ0v) is 59.4. The van der Waals surface area contributed by atoms with Crippen molar-refractivity contribution in [1.29, 1.82) is 0 Å². The number of unbranched alkanes of at least 4 members (excludes halogenated alkanes) is 49. The number of esters is 2. The first-order chi connectivity index (χ1) is 42.5. The molecule has 0 aromatic carbocycles. The van der Waals surface area contributed by atoms with E-state index in [0.717, 1.165) is 64.2 Å². The van der Waals surface area contributed by atoms with Gasteiger partial charge in [-0.2, -0.15) is 0 Å². The maximum absolute atomic E-state index is 12.9. The van der Waals surface area contributed by atoms with Gasteiger partial charge in [0.15, 0.2) is 6.10 Å². The standard InChI is InChI=1S/C77H146NO8P/c1-6-8-10-12-14-16-18-20-22-24-26-28-30-32-34-36-37-38-39-40-42-43-45-47-49-51-53-55-57-59-61-63-65-67-69-76(79)83-73-75(74-85-87(81,82)84-72-71-78(3,4)5)86-77(80)70-68-66-64-62-60-58-56-54-52-50-48-46-44-41-35-33-31-29-27-25-23-21-19-17-15-13-11-9-7-2/h9,11,15,17,21,23,27,29,75H,6-8,10,12-14,16,18-20,22,24-26,28,30-74H2,1-5H3/b11-9-,17-15-,23-21-,29-27-. The second kappa shape index (κ2) is 68.3.